The minimum absolute atomic E-state index is 0.0813. The van der Waals surface area contributed by atoms with Crippen LogP contribution in [0, 0.1) is 6.92 Å². The maximum atomic E-state index is 13.1. The molecule has 1 atom stereocenters. The molecule has 148 valence electrons. The molecule has 0 aliphatic carbocycles. The highest BCUT2D eigenvalue weighted by Crippen LogP contribution is 2.40. The smallest absolute Gasteiger partial charge is 0.257 e. The maximum Gasteiger partial charge on any atom is 0.257 e. The number of aromatic nitrogens is 1. The van der Waals surface area contributed by atoms with Gasteiger partial charge >= 0.3 is 0 Å². The number of carbonyl (C=O) groups is 2. The summed E-state index contributed by atoms with van der Waals surface area (Å²) in [6, 6.07) is 15.2. The fourth-order valence-electron chi connectivity index (χ4n) is 3.85. The number of fused-ring (bicyclic) bond motifs is 2. The molecule has 2 amide bonds. The zero-order chi connectivity index (χ0) is 20.7. The first-order valence-corrected chi connectivity index (χ1v) is 9.69. The fraction of sp³-hybridized carbons (Fsp3) is 0.227. The van der Waals surface area contributed by atoms with E-state index in [-0.39, 0.29) is 18.4 Å². The van der Waals surface area contributed by atoms with Gasteiger partial charge in [0.15, 0.2) is 0 Å². The van der Waals surface area contributed by atoms with E-state index in [1.54, 1.807) is 25.1 Å². The van der Waals surface area contributed by atoms with E-state index >= 15 is 0 Å². The van der Waals surface area contributed by atoms with E-state index < -0.39 is 6.17 Å². The molecule has 2 heterocycles. The van der Waals surface area contributed by atoms with Crippen LogP contribution in [-0.2, 0) is 4.79 Å². The van der Waals surface area contributed by atoms with Crippen molar-refractivity contribution in [3.05, 3.63) is 70.4 Å². The van der Waals surface area contributed by atoms with Crippen LogP contribution in [0.4, 0.5) is 5.69 Å². The molecule has 3 aromatic rings. The molecular formula is C22H21ClN4O2. The number of anilines is 1. The summed E-state index contributed by atoms with van der Waals surface area (Å²) in [5, 5.41) is 3.91. The molecule has 0 bridgehead atoms. The second kappa shape index (κ2) is 7.37. The molecule has 1 aliphatic rings. The molecule has 1 aliphatic heterocycles. The summed E-state index contributed by atoms with van der Waals surface area (Å²) >= 11 is 6.61. The Labute approximate surface area is 174 Å². The molecule has 7 heteroatoms. The van der Waals surface area contributed by atoms with E-state index in [1.165, 1.54) is 0 Å². The lowest BCUT2D eigenvalue weighted by Crippen LogP contribution is -2.50. The Kier molecular flexibility index (Phi) is 4.88. The second-order valence-corrected chi connectivity index (χ2v) is 7.48. The van der Waals surface area contributed by atoms with Gasteiger partial charge in [-0.2, -0.15) is 0 Å². The summed E-state index contributed by atoms with van der Waals surface area (Å²) in [6.07, 6.45) is -0.556. The van der Waals surface area contributed by atoms with Crippen LogP contribution >= 0.6 is 11.6 Å². The summed E-state index contributed by atoms with van der Waals surface area (Å²) in [4.78, 5) is 33.5. The molecule has 1 unspecified atom stereocenters. The van der Waals surface area contributed by atoms with Crippen molar-refractivity contribution in [2.24, 2.45) is 0 Å². The van der Waals surface area contributed by atoms with Crippen molar-refractivity contribution < 1.29 is 9.59 Å². The molecule has 1 N–H and O–H groups in total. The van der Waals surface area contributed by atoms with Crippen molar-refractivity contribution in [2.45, 2.75) is 13.1 Å². The Balaban J connectivity index is 1.92. The molecule has 1 aromatic heterocycles. The van der Waals surface area contributed by atoms with E-state index in [4.69, 9.17) is 11.6 Å². The van der Waals surface area contributed by atoms with Gasteiger partial charge in [-0.15, -0.1) is 0 Å². The third-order valence-electron chi connectivity index (χ3n) is 5.33. The lowest BCUT2D eigenvalue weighted by Gasteiger charge is -2.44. The van der Waals surface area contributed by atoms with Crippen LogP contribution in [0.1, 0.15) is 27.7 Å². The lowest BCUT2D eigenvalue weighted by atomic mass is 10.0. The fourth-order valence-corrected chi connectivity index (χ4v) is 4.09. The predicted octanol–water partition coefficient (Wildman–Crippen LogP) is 3.53. The first kappa shape index (κ1) is 19.2. The summed E-state index contributed by atoms with van der Waals surface area (Å²) < 4.78 is 0. The van der Waals surface area contributed by atoms with E-state index in [2.05, 4.69) is 10.3 Å². The zero-order valence-corrected chi connectivity index (χ0v) is 17.2. The van der Waals surface area contributed by atoms with E-state index in [0.29, 0.717) is 22.0 Å². The molecule has 0 spiro atoms. The summed E-state index contributed by atoms with van der Waals surface area (Å²) in [5.74, 6) is -0.285. The Morgan fingerprint density at radius 2 is 1.97 bits per heavy atom. The van der Waals surface area contributed by atoms with Gasteiger partial charge in [-0.05, 0) is 30.7 Å². The first-order chi connectivity index (χ1) is 13.9. The van der Waals surface area contributed by atoms with Crippen LogP contribution in [0.25, 0.3) is 10.9 Å². The Morgan fingerprint density at radius 3 is 2.72 bits per heavy atom. The summed E-state index contributed by atoms with van der Waals surface area (Å²) in [6.45, 7) is 2.06. The number of rotatable bonds is 3. The van der Waals surface area contributed by atoms with Crippen LogP contribution in [0.5, 0.6) is 0 Å². The van der Waals surface area contributed by atoms with Gasteiger partial charge in [0.05, 0.1) is 23.3 Å². The number of nitrogens with one attached hydrogen (secondary N) is 1. The van der Waals surface area contributed by atoms with Crippen molar-refractivity contribution in [1.82, 2.24) is 15.2 Å². The van der Waals surface area contributed by atoms with Crippen LogP contribution in [0.3, 0.4) is 0 Å². The quantitative estimate of drug-likeness (QED) is 0.673. The third kappa shape index (κ3) is 3.19. The SMILES string of the molecule is CNC(=O)CN1c2ccccc2C(=O)N(C)C1c1cc2cccc(C)c2nc1Cl. The van der Waals surface area contributed by atoms with Gasteiger partial charge in [0.1, 0.15) is 11.3 Å². The largest absolute Gasteiger partial charge is 0.358 e. The van der Waals surface area contributed by atoms with Gasteiger partial charge in [0, 0.05) is 25.0 Å². The number of likely N-dealkylation sites (N-methyl/N-ethyl adjacent to an activating group) is 1. The lowest BCUT2D eigenvalue weighted by molar-refractivity contribution is -0.119. The number of carbonyl (C=O) groups excluding carboxylic acids is 2. The van der Waals surface area contributed by atoms with Crippen molar-refractivity contribution in [3.63, 3.8) is 0 Å². The van der Waals surface area contributed by atoms with E-state index in [0.717, 1.165) is 16.5 Å². The van der Waals surface area contributed by atoms with Gasteiger partial charge in [0.25, 0.3) is 5.91 Å². The highest BCUT2D eigenvalue weighted by atomic mass is 35.5. The zero-order valence-electron chi connectivity index (χ0n) is 16.4. The number of aryl methyl sites for hydroxylation is 1. The summed E-state index contributed by atoms with van der Waals surface area (Å²) in [5.41, 5.74) is 3.78. The molecule has 29 heavy (non-hydrogen) atoms. The van der Waals surface area contributed by atoms with Crippen LogP contribution in [0.2, 0.25) is 5.15 Å². The van der Waals surface area contributed by atoms with Crippen LogP contribution < -0.4 is 10.2 Å². The maximum absolute atomic E-state index is 13.1. The van der Waals surface area contributed by atoms with Crippen molar-refractivity contribution in [2.75, 3.05) is 25.5 Å². The molecule has 0 fully saturated rings. The second-order valence-electron chi connectivity index (χ2n) is 7.12. The number of hydrogen-bond donors (Lipinski definition) is 1. The van der Waals surface area contributed by atoms with Crippen molar-refractivity contribution in [3.8, 4) is 0 Å². The van der Waals surface area contributed by atoms with Gasteiger partial charge < -0.3 is 15.1 Å². The van der Waals surface area contributed by atoms with Crippen LogP contribution in [-0.4, -0.2) is 42.3 Å². The Bertz CT molecular complexity index is 1130. The standard InChI is InChI=1S/C22H21ClN4O2/c1-13-7-6-8-14-11-16(20(23)25-19(13)14)21-26(3)22(29)15-9-4-5-10-17(15)27(21)12-18(28)24-2/h4-11,21H,12H2,1-3H3,(H,24,28). The monoisotopic (exact) mass is 408 g/mol. The number of amides is 2. The van der Waals surface area contributed by atoms with Gasteiger partial charge in [-0.1, -0.05) is 41.9 Å². The number of hydrogen-bond acceptors (Lipinski definition) is 4. The average molecular weight is 409 g/mol. The number of halogens is 1. The highest BCUT2D eigenvalue weighted by Gasteiger charge is 2.38. The normalized spacial score (nSPS) is 16.1. The first-order valence-electron chi connectivity index (χ1n) is 9.31. The Morgan fingerprint density at radius 1 is 1.21 bits per heavy atom. The number of nitrogens with zero attached hydrogens (tertiary/aromatic N) is 3. The molecule has 2 aromatic carbocycles. The Hall–Kier alpha value is -3.12. The average Bonchev–Trinajstić information content (AvgIpc) is 2.72. The number of para-hydroxylation sites is 2. The van der Waals surface area contributed by atoms with E-state index in [9.17, 15) is 9.59 Å². The molecule has 0 saturated heterocycles. The third-order valence-corrected chi connectivity index (χ3v) is 5.63. The van der Waals surface area contributed by atoms with Gasteiger partial charge in [-0.3, -0.25) is 9.59 Å². The summed E-state index contributed by atoms with van der Waals surface area (Å²) in [7, 11) is 3.31. The molecular weight excluding hydrogens is 388 g/mol. The van der Waals surface area contributed by atoms with Crippen LogP contribution in [0.15, 0.2) is 48.5 Å². The van der Waals surface area contributed by atoms with E-state index in [1.807, 2.05) is 54.3 Å². The predicted molar refractivity (Wildman–Crippen MR) is 114 cm³/mol. The molecule has 4 rings (SSSR count). The van der Waals surface area contributed by atoms with Crippen molar-refractivity contribution >= 4 is 40.0 Å². The highest BCUT2D eigenvalue weighted by molar-refractivity contribution is 6.30. The topological polar surface area (TPSA) is 65.5 Å². The minimum Gasteiger partial charge on any atom is -0.358 e. The van der Waals surface area contributed by atoms with Crippen molar-refractivity contribution in [1.29, 1.82) is 0 Å². The van der Waals surface area contributed by atoms with Gasteiger partial charge in [-0.25, -0.2) is 4.98 Å². The van der Waals surface area contributed by atoms with Gasteiger partial charge in [0.2, 0.25) is 5.91 Å². The minimum atomic E-state index is -0.556. The molecule has 0 radical (unpaired) electrons. The molecule has 6 nitrogen and oxygen atoms in total. The molecule has 0 saturated carbocycles. The number of pyridine rings is 1. The number of benzene rings is 2.